The van der Waals surface area contributed by atoms with E-state index in [1.807, 2.05) is 66.4 Å². The molecule has 1 aromatic carbocycles. The summed E-state index contributed by atoms with van der Waals surface area (Å²) < 4.78 is 10.8. The molecule has 1 fully saturated rings. The number of carbonyl (C=O) groups is 1. The van der Waals surface area contributed by atoms with Crippen molar-refractivity contribution in [2.24, 2.45) is 0 Å². The Bertz CT molecular complexity index is 1470. The minimum Gasteiger partial charge on any atom is -0.453 e. The molecule has 1 amide bonds. The normalized spacial score (nSPS) is 15.4. The van der Waals surface area contributed by atoms with E-state index in [-0.39, 0.29) is 11.8 Å². The van der Waals surface area contributed by atoms with Crippen LogP contribution in [0.3, 0.4) is 0 Å². The number of amides is 1. The second-order valence-electron chi connectivity index (χ2n) is 9.29. The molecular weight excluding hydrogens is 516 g/mol. The highest BCUT2D eigenvalue weighted by Gasteiger charge is 2.32. The number of anilines is 2. The van der Waals surface area contributed by atoms with Crippen molar-refractivity contribution in [3.8, 4) is 11.5 Å². The number of likely N-dealkylation sites (tertiary alicyclic amines) is 1. The van der Waals surface area contributed by atoms with Crippen LogP contribution in [-0.2, 0) is 4.79 Å². The van der Waals surface area contributed by atoms with E-state index in [2.05, 4.69) is 19.7 Å². The molecule has 4 aromatic rings. The van der Waals surface area contributed by atoms with E-state index >= 15 is 0 Å². The van der Waals surface area contributed by atoms with Crippen LogP contribution in [0.2, 0.25) is 0 Å². The van der Waals surface area contributed by atoms with Gasteiger partial charge in [0.2, 0.25) is 11.0 Å². The first-order chi connectivity index (χ1) is 18.6. The van der Waals surface area contributed by atoms with Gasteiger partial charge >= 0.3 is 0 Å². The third kappa shape index (κ3) is 5.71. The Kier molecular flexibility index (Phi) is 7.06. The van der Waals surface area contributed by atoms with E-state index in [0.717, 1.165) is 53.7 Å². The van der Waals surface area contributed by atoms with Gasteiger partial charge in [-0.15, -0.1) is 0 Å². The van der Waals surface area contributed by atoms with Gasteiger partial charge in [0.25, 0.3) is 0 Å². The Balaban J connectivity index is 1.16. The zero-order valence-corrected chi connectivity index (χ0v) is 22.5. The number of rotatable bonds is 8. The van der Waals surface area contributed by atoms with Crippen LogP contribution in [0.1, 0.15) is 37.9 Å². The maximum absolute atomic E-state index is 12.5. The number of para-hydroxylation sites is 1. The Morgan fingerprint density at radius 3 is 2.63 bits per heavy atom. The van der Waals surface area contributed by atoms with Crippen LogP contribution in [0.15, 0.2) is 88.1 Å². The van der Waals surface area contributed by atoms with E-state index < -0.39 is 0 Å². The summed E-state index contributed by atoms with van der Waals surface area (Å²) in [4.78, 5) is 29.2. The Labute approximate surface area is 229 Å². The van der Waals surface area contributed by atoms with Crippen LogP contribution >= 0.6 is 23.3 Å². The lowest BCUT2D eigenvalue weighted by atomic mass is 9.96. The van der Waals surface area contributed by atoms with Gasteiger partial charge in [-0.3, -0.25) is 4.79 Å². The molecule has 10 heteroatoms. The number of nitrogens with zero attached hydrogens (tertiary/aromatic N) is 5. The molecule has 1 aliphatic carbocycles. The van der Waals surface area contributed by atoms with Gasteiger partial charge in [-0.1, -0.05) is 41.6 Å². The summed E-state index contributed by atoms with van der Waals surface area (Å²) in [5, 5.41) is 4.85. The molecule has 1 aliphatic heterocycles. The molecule has 0 bridgehead atoms. The van der Waals surface area contributed by atoms with Crippen molar-refractivity contribution in [1.82, 2.24) is 24.2 Å². The second kappa shape index (κ2) is 10.9. The fourth-order valence-corrected chi connectivity index (χ4v) is 5.78. The molecule has 192 valence electrons. The third-order valence-corrected chi connectivity index (χ3v) is 8.12. The molecule has 38 heavy (non-hydrogen) atoms. The van der Waals surface area contributed by atoms with Crippen molar-refractivity contribution >= 4 is 40.2 Å². The zero-order valence-electron chi connectivity index (χ0n) is 20.8. The quantitative estimate of drug-likeness (QED) is 0.272. The van der Waals surface area contributed by atoms with Gasteiger partial charge in [0.1, 0.15) is 16.6 Å². The maximum atomic E-state index is 12.5. The maximum Gasteiger partial charge on any atom is 0.250 e. The fourth-order valence-electron chi connectivity index (χ4n) is 4.36. The molecule has 6 rings (SSSR count). The number of carbonyl (C=O) groups excluding carboxylic acids is 1. The second-order valence-corrected chi connectivity index (χ2v) is 11.1. The van der Waals surface area contributed by atoms with Crippen LogP contribution in [0.4, 0.5) is 10.9 Å². The average molecular weight is 543 g/mol. The number of piperidine rings is 1. The molecule has 0 saturated carbocycles. The summed E-state index contributed by atoms with van der Waals surface area (Å²) in [6, 6.07) is 17.4. The molecule has 8 nitrogen and oxygen atoms in total. The third-order valence-electron chi connectivity index (χ3n) is 6.56. The number of benzene rings is 1. The van der Waals surface area contributed by atoms with E-state index in [1.165, 1.54) is 28.9 Å². The predicted molar refractivity (Wildman–Crippen MR) is 148 cm³/mol. The molecule has 4 heterocycles. The van der Waals surface area contributed by atoms with Crippen LogP contribution in [0.5, 0.6) is 11.5 Å². The van der Waals surface area contributed by atoms with E-state index in [4.69, 9.17) is 9.72 Å². The fraction of sp³-hybridized carbons (Fsp3) is 0.250. The highest BCUT2D eigenvalue weighted by Crippen LogP contribution is 2.37. The smallest absolute Gasteiger partial charge is 0.250 e. The average Bonchev–Trinajstić information content (AvgIpc) is 3.50. The largest absolute Gasteiger partial charge is 0.453 e. The summed E-state index contributed by atoms with van der Waals surface area (Å²) in [6.45, 7) is 3.52. The highest BCUT2D eigenvalue weighted by molar-refractivity contribution is 7.99. The van der Waals surface area contributed by atoms with Gasteiger partial charge in [-0.05, 0) is 50.5 Å². The molecule has 2 aliphatic rings. The Hall–Kier alpha value is -3.76. The summed E-state index contributed by atoms with van der Waals surface area (Å²) in [7, 11) is 0. The van der Waals surface area contributed by atoms with Crippen molar-refractivity contribution in [3.63, 3.8) is 0 Å². The van der Waals surface area contributed by atoms with Gasteiger partial charge in [0.15, 0.2) is 11.6 Å². The van der Waals surface area contributed by atoms with E-state index in [9.17, 15) is 4.79 Å². The van der Waals surface area contributed by atoms with Gasteiger partial charge in [0, 0.05) is 59.5 Å². The van der Waals surface area contributed by atoms with Crippen LogP contribution in [0.25, 0.3) is 0 Å². The number of aromatic nitrogens is 4. The Morgan fingerprint density at radius 2 is 1.89 bits per heavy atom. The predicted octanol–water partition coefficient (Wildman–Crippen LogP) is 6.44. The SMILES string of the molecule is CC1=C(C(=O)N2CCC(c3nsc(Nc4ncc(Sc5ccccn5)cc4Oc4ccccc4)n3)CC2)C1. The molecule has 3 aromatic heterocycles. The monoisotopic (exact) mass is 542 g/mol. The first kappa shape index (κ1) is 24.6. The van der Waals surface area contributed by atoms with Crippen molar-refractivity contribution in [3.05, 3.63) is 84.0 Å². The lowest BCUT2D eigenvalue weighted by Gasteiger charge is -2.30. The van der Waals surface area contributed by atoms with Gasteiger partial charge < -0.3 is 15.0 Å². The first-order valence-electron chi connectivity index (χ1n) is 12.5. The molecule has 1 N–H and O–H groups in total. The standard InChI is InChI=1S/C28H26N6O2S2/c1-18-15-22(18)27(35)34-13-10-19(11-14-34)25-31-28(38-33-25)32-26-23(36-20-7-3-2-4-8-20)16-21(17-30-26)37-24-9-5-6-12-29-24/h2-9,12,16-17,19H,10-11,13-15H2,1H3,(H,30,31,32,33). The molecule has 0 spiro atoms. The van der Waals surface area contributed by atoms with Gasteiger partial charge in [-0.25, -0.2) is 15.0 Å². The number of hydrogen-bond acceptors (Lipinski definition) is 9. The van der Waals surface area contributed by atoms with Crippen molar-refractivity contribution in [2.75, 3.05) is 18.4 Å². The van der Waals surface area contributed by atoms with Crippen molar-refractivity contribution in [2.45, 2.75) is 42.0 Å². The van der Waals surface area contributed by atoms with Crippen LogP contribution in [-0.4, -0.2) is 43.2 Å². The number of hydrogen-bond donors (Lipinski definition) is 1. The number of ether oxygens (including phenoxy) is 1. The number of nitrogens with one attached hydrogen (secondary N) is 1. The summed E-state index contributed by atoms with van der Waals surface area (Å²) in [6.07, 6.45) is 6.18. The Morgan fingerprint density at radius 1 is 1.11 bits per heavy atom. The minimum atomic E-state index is 0.205. The number of pyridine rings is 2. The van der Waals surface area contributed by atoms with E-state index in [1.54, 1.807) is 12.4 Å². The number of allylic oxidation sites excluding steroid dienone is 1. The summed E-state index contributed by atoms with van der Waals surface area (Å²) in [5.41, 5.74) is 2.22. The lowest BCUT2D eigenvalue weighted by molar-refractivity contribution is -0.127. The van der Waals surface area contributed by atoms with Crippen molar-refractivity contribution < 1.29 is 9.53 Å². The first-order valence-corrected chi connectivity index (χ1v) is 14.1. The summed E-state index contributed by atoms with van der Waals surface area (Å²) in [5.74, 6) is 3.13. The van der Waals surface area contributed by atoms with E-state index in [0.29, 0.717) is 22.4 Å². The van der Waals surface area contributed by atoms with Gasteiger partial charge in [-0.2, -0.15) is 4.37 Å². The van der Waals surface area contributed by atoms with Crippen LogP contribution < -0.4 is 10.1 Å². The van der Waals surface area contributed by atoms with Crippen molar-refractivity contribution in [1.29, 1.82) is 0 Å². The molecule has 0 radical (unpaired) electrons. The highest BCUT2D eigenvalue weighted by atomic mass is 32.2. The minimum absolute atomic E-state index is 0.205. The topological polar surface area (TPSA) is 93.1 Å². The van der Waals surface area contributed by atoms with Gasteiger partial charge in [0.05, 0.1) is 0 Å². The molecule has 0 unspecified atom stereocenters. The zero-order chi connectivity index (χ0) is 25.9. The lowest BCUT2D eigenvalue weighted by Crippen LogP contribution is -2.37. The molecule has 1 saturated heterocycles. The van der Waals surface area contributed by atoms with Crippen LogP contribution in [0, 0.1) is 0 Å². The molecule has 0 atom stereocenters. The summed E-state index contributed by atoms with van der Waals surface area (Å²) >= 11 is 2.83. The molecular formula is C28H26N6O2S2.